The normalized spacial score (nSPS) is 13.9. The number of ether oxygens (including phenoxy) is 1. The van der Waals surface area contributed by atoms with E-state index in [0.29, 0.717) is 5.02 Å². The van der Waals surface area contributed by atoms with E-state index in [0.717, 1.165) is 15.8 Å². The summed E-state index contributed by atoms with van der Waals surface area (Å²) in [6.07, 6.45) is -0.202. The third-order valence-electron chi connectivity index (χ3n) is 2.74. The molecule has 0 bridgehead atoms. The average molecular weight is 341 g/mol. The van der Waals surface area contributed by atoms with Crippen LogP contribution in [0.3, 0.4) is 0 Å². The highest BCUT2D eigenvalue weighted by Gasteiger charge is 2.18. The quantitative estimate of drug-likeness (QED) is 0.885. The second-order valence-corrected chi connectivity index (χ2v) is 5.76. The molecule has 2 rings (SSSR count). The molecule has 0 aliphatic heterocycles. The van der Waals surface area contributed by atoms with Crippen molar-refractivity contribution in [3.8, 4) is 5.75 Å². The van der Waals surface area contributed by atoms with Crippen molar-refractivity contribution in [2.75, 3.05) is 0 Å². The van der Waals surface area contributed by atoms with Crippen LogP contribution < -0.4 is 10.5 Å². The Bertz CT molecular complexity index is 542. The van der Waals surface area contributed by atoms with Crippen LogP contribution in [0, 0.1) is 0 Å². The van der Waals surface area contributed by atoms with Crippen LogP contribution in [0.2, 0.25) is 5.02 Å². The van der Waals surface area contributed by atoms with Gasteiger partial charge in [0.05, 0.1) is 0 Å². The number of hydrogen-bond donors (Lipinski definition) is 1. The summed E-state index contributed by atoms with van der Waals surface area (Å²) in [7, 11) is 0. The van der Waals surface area contributed by atoms with E-state index in [1.807, 2.05) is 49.4 Å². The Morgan fingerprint density at radius 2 is 1.84 bits per heavy atom. The number of halogens is 2. The van der Waals surface area contributed by atoms with Gasteiger partial charge in [0.25, 0.3) is 0 Å². The molecule has 2 atom stereocenters. The largest absolute Gasteiger partial charge is 0.484 e. The van der Waals surface area contributed by atoms with Gasteiger partial charge in [0.15, 0.2) is 0 Å². The monoisotopic (exact) mass is 339 g/mol. The van der Waals surface area contributed by atoms with Crippen LogP contribution in [0.5, 0.6) is 5.75 Å². The second-order valence-electron chi connectivity index (χ2n) is 4.41. The van der Waals surface area contributed by atoms with Gasteiger partial charge < -0.3 is 10.5 Å². The highest BCUT2D eigenvalue weighted by Crippen LogP contribution is 2.27. The molecular weight excluding hydrogens is 326 g/mol. The lowest BCUT2D eigenvalue weighted by Gasteiger charge is -2.23. The lowest BCUT2D eigenvalue weighted by Crippen LogP contribution is -2.29. The van der Waals surface area contributed by atoms with Crippen LogP contribution in [0.1, 0.15) is 18.6 Å². The summed E-state index contributed by atoms with van der Waals surface area (Å²) in [5, 5.41) is 0.650. The van der Waals surface area contributed by atoms with Crippen molar-refractivity contribution < 1.29 is 4.74 Å². The van der Waals surface area contributed by atoms with Gasteiger partial charge in [-0.3, -0.25) is 0 Å². The third kappa shape index (κ3) is 3.96. The fourth-order valence-electron chi connectivity index (χ4n) is 1.82. The van der Waals surface area contributed by atoms with Crippen molar-refractivity contribution in [1.29, 1.82) is 0 Å². The Labute approximate surface area is 126 Å². The van der Waals surface area contributed by atoms with E-state index in [4.69, 9.17) is 22.1 Å². The van der Waals surface area contributed by atoms with Crippen molar-refractivity contribution in [2.45, 2.75) is 19.1 Å². The molecule has 19 heavy (non-hydrogen) atoms. The summed E-state index contributed by atoms with van der Waals surface area (Å²) in [4.78, 5) is 0. The van der Waals surface area contributed by atoms with Gasteiger partial charge in [-0.2, -0.15) is 0 Å². The lowest BCUT2D eigenvalue weighted by atomic mass is 10.0. The first-order chi connectivity index (χ1) is 9.06. The number of hydrogen-bond acceptors (Lipinski definition) is 2. The maximum atomic E-state index is 6.02. The molecule has 0 fully saturated rings. The zero-order chi connectivity index (χ0) is 13.8. The minimum atomic E-state index is -0.202. The minimum absolute atomic E-state index is 0.125. The minimum Gasteiger partial charge on any atom is -0.484 e. The van der Waals surface area contributed by atoms with Crippen LogP contribution in [-0.4, -0.2) is 6.04 Å². The molecule has 2 aromatic carbocycles. The molecule has 0 aliphatic carbocycles. The van der Waals surface area contributed by atoms with Crippen LogP contribution in [0.15, 0.2) is 53.0 Å². The molecule has 0 saturated carbocycles. The van der Waals surface area contributed by atoms with Crippen LogP contribution in [0.4, 0.5) is 0 Å². The van der Waals surface area contributed by atoms with Gasteiger partial charge in [0.1, 0.15) is 11.9 Å². The van der Waals surface area contributed by atoms with Gasteiger partial charge in [0.2, 0.25) is 0 Å². The van der Waals surface area contributed by atoms with Crippen molar-refractivity contribution in [2.24, 2.45) is 5.73 Å². The van der Waals surface area contributed by atoms with Crippen LogP contribution in [0.25, 0.3) is 0 Å². The average Bonchev–Trinajstić information content (AvgIpc) is 2.37. The number of rotatable bonds is 4. The molecule has 0 aliphatic rings. The predicted octanol–water partition coefficient (Wildman–Crippen LogP) is 4.57. The van der Waals surface area contributed by atoms with Crippen molar-refractivity contribution in [1.82, 2.24) is 0 Å². The second kappa shape index (κ2) is 6.42. The molecule has 0 amide bonds. The Balaban J connectivity index is 2.23. The molecule has 0 aromatic heterocycles. The molecule has 2 N–H and O–H groups in total. The molecule has 2 unspecified atom stereocenters. The van der Waals surface area contributed by atoms with Crippen LogP contribution in [-0.2, 0) is 0 Å². The van der Waals surface area contributed by atoms with Crippen molar-refractivity contribution in [3.63, 3.8) is 0 Å². The summed E-state index contributed by atoms with van der Waals surface area (Å²) >= 11 is 9.38. The molecule has 0 radical (unpaired) electrons. The molecule has 100 valence electrons. The Morgan fingerprint density at radius 1 is 1.16 bits per heavy atom. The van der Waals surface area contributed by atoms with E-state index in [1.54, 1.807) is 6.07 Å². The van der Waals surface area contributed by atoms with E-state index in [2.05, 4.69) is 15.9 Å². The van der Waals surface area contributed by atoms with Gasteiger partial charge in [-0.05, 0) is 42.8 Å². The molecule has 4 heteroatoms. The molecule has 0 spiro atoms. The molecule has 2 aromatic rings. The molecule has 0 saturated heterocycles. The Hall–Kier alpha value is -1.03. The standard InChI is InChI=1S/C15H15BrClNO/c1-10(18)15(11-5-7-12(16)8-6-11)19-14-4-2-3-13(17)9-14/h2-10,15H,18H2,1H3. The van der Waals surface area contributed by atoms with Gasteiger partial charge in [-0.1, -0.05) is 45.7 Å². The lowest BCUT2D eigenvalue weighted by molar-refractivity contribution is 0.180. The third-order valence-corrected chi connectivity index (χ3v) is 3.50. The zero-order valence-electron chi connectivity index (χ0n) is 10.5. The summed E-state index contributed by atoms with van der Waals surface area (Å²) in [6.45, 7) is 1.93. The maximum Gasteiger partial charge on any atom is 0.138 e. The predicted molar refractivity (Wildman–Crippen MR) is 82.6 cm³/mol. The first kappa shape index (κ1) is 14.4. The topological polar surface area (TPSA) is 35.2 Å². The van der Waals surface area contributed by atoms with E-state index in [-0.39, 0.29) is 12.1 Å². The summed E-state index contributed by atoms with van der Waals surface area (Å²) < 4.78 is 6.99. The summed E-state index contributed by atoms with van der Waals surface area (Å²) in [5.41, 5.74) is 7.06. The summed E-state index contributed by atoms with van der Waals surface area (Å²) in [6, 6.07) is 15.2. The smallest absolute Gasteiger partial charge is 0.138 e. The van der Waals surface area contributed by atoms with Gasteiger partial charge in [-0.25, -0.2) is 0 Å². The van der Waals surface area contributed by atoms with Gasteiger partial charge in [-0.15, -0.1) is 0 Å². The first-order valence-corrected chi connectivity index (χ1v) is 7.16. The Morgan fingerprint density at radius 3 is 2.42 bits per heavy atom. The fourth-order valence-corrected chi connectivity index (χ4v) is 2.26. The maximum absolute atomic E-state index is 6.02. The molecule has 2 nitrogen and oxygen atoms in total. The van der Waals surface area contributed by atoms with Crippen LogP contribution >= 0.6 is 27.5 Å². The summed E-state index contributed by atoms with van der Waals surface area (Å²) in [5.74, 6) is 0.720. The highest BCUT2D eigenvalue weighted by molar-refractivity contribution is 9.10. The SMILES string of the molecule is CC(N)C(Oc1cccc(Cl)c1)c1ccc(Br)cc1. The molecule has 0 heterocycles. The van der Waals surface area contributed by atoms with E-state index in [9.17, 15) is 0 Å². The Kier molecular flexibility index (Phi) is 4.86. The van der Waals surface area contributed by atoms with Crippen molar-refractivity contribution in [3.05, 3.63) is 63.6 Å². The van der Waals surface area contributed by atoms with E-state index in [1.165, 1.54) is 0 Å². The van der Waals surface area contributed by atoms with E-state index < -0.39 is 0 Å². The highest BCUT2D eigenvalue weighted by atomic mass is 79.9. The van der Waals surface area contributed by atoms with E-state index >= 15 is 0 Å². The fraction of sp³-hybridized carbons (Fsp3) is 0.200. The van der Waals surface area contributed by atoms with Crippen molar-refractivity contribution >= 4 is 27.5 Å². The first-order valence-electron chi connectivity index (χ1n) is 5.99. The van der Waals surface area contributed by atoms with Gasteiger partial charge >= 0.3 is 0 Å². The number of nitrogens with two attached hydrogens (primary N) is 1. The zero-order valence-corrected chi connectivity index (χ0v) is 12.9. The number of benzene rings is 2. The van der Waals surface area contributed by atoms with Gasteiger partial charge in [0, 0.05) is 15.5 Å². The molecular formula is C15H15BrClNO.